The van der Waals surface area contributed by atoms with Gasteiger partial charge >= 0.3 is 5.97 Å². The molecule has 1 aromatic rings. The maximum absolute atomic E-state index is 12.8. The Bertz CT molecular complexity index is 613. The summed E-state index contributed by atoms with van der Waals surface area (Å²) in [6.45, 7) is 4.64. The molecule has 1 heterocycles. The Kier molecular flexibility index (Phi) is 6.79. The molecule has 0 aromatic heterocycles. The molecule has 2 unspecified atom stereocenters. The molecular weight excluding hydrogens is 373 g/mol. The molecule has 0 N–H and O–H groups in total. The predicted molar refractivity (Wildman–Crippen MR) is 95.7 cm³/mol. The third-order valence-corrected chi connectivity index (χ3v) is 5.07. The summed E-state index contributed by atoms with van der Waals surface area (Å²) in [4.78, 5) is 26.5. The summed E-state index contributed by atoms with van der Waals surface area (Å²) in [7, 11) is 0. The van der Waals surface area contributed by atoms with Gasteiger partial charge in [-0.25, -0.2) is 4.79 Å². The zero-order valence-electron chi connectivity index (χ0n) is 13.7. The summed E-state index contributed by atoms with van der Waals surface area (Å²) in [5, 5.41) is 1.11. The third-order valence-electron chi connectivity index (χ3n) is 4.18. The minimum absolute atomic E-state index is 0.0269. The zero-order chi connectivity index (χ0) is 17.9. The van der Waals surface area contributed by atoms with Crippen LogP contribution in [-0.2, 0) is 20.7 Å². The Morgan fingerprint density at radius 2 is 1.88 bits per heavy atom. The molecule has 0 radical (unpaired) electrons. The van der Waals surface area contributed by atoms with Crippen LogP contribution in [0.4, 0.5) is 0 Å². The molecule has 1 aliphatic rings. The summed E-state index contributed by atoms with van der Waals surface area (Å²) < 4.78 is 5.12. The van der Waals surface area contributed by atoms with Crippen LogP contribution < -0.4 is 0 Å². The first-order valence-corrected chi connectivity index (χ1v) is 9.06. The molecule has 0 aliphatic carbocycles. The van der Waals surface area contributed by atoms with E-state index in [4.69, 9.17) is 39.5 Å². The van der Waals surface area contributed by atoms with Crippen LogP contribution in [0.15, 0.2) is 12.1 Å². The third kappa shape index (κ3) is 4.56. The van der Waals surface area contributed by atoms with Crippen LogP contribution in [0.2, 0.25) is 15.1 Å². The van der Waals surface area contributed by atoms with Crippen molar-refractivity contribution >= 4 is 46.7 Å². The molecule has 132 valence electrons. The summed E-state index contributed by atoms with van der Waals surface area (Å²) in [5.41, 5.74) is 0.522. The van der Waals surface area contributed by atoms with Gasteiger partial charge in [-0.15, -0.1) is 0 Å². The average Bonchev–Trinajstić information content (AvgIpc) is 2.50. The smallest absolute Gasteiger partial charge is 0.328 e. The quantitative estimate of drug-likeness (QED) is 0.714. The average molecular weight is 393 g/mol. The van der Waals surface area contributed by atoms with Gasteiger partial charge in [0.1, 0.15) is 6.04 Å². The minimum Gasteiger partial charge on any atom is -0.464 e. The van der Waals surface area contributed by atoms with Crippen LogP contribution in [0.25, 0.3) is 0 Å². The molecule has 1 amide bonds. The van der Waals surface area contributed by atoms with Gasteiger partial charge in [-0.2, -0.15) is 0 Å². The van der Waals surface area contributed by atoms with E-state index in [0.29, 0.717) is 46.1 Å². The van der Waals surface area contributed by atoms with Gasteiger partial charge in [-0.1, -0.05) is 41.7 Å². The van der Waals surface area contributed by atoms with Crippen molar-refractivity contribution in [1.82, 2.24) is 4.90 Å². The number of nitrogens with zero attached hydrogens (tertiary/aromatic N) is 1. The van der Waals surface area contributed by atoms with Crippen molar-refractivity contribution in [1.29, 1.82) is 0 Å². The number of halogens is 3. The number of carbonyl (C=O) groups is 2. The molecule has 24 heavy (non-hydrogen) atoms. The van der Waals surface area contributed by atoms with E-state index in [1.165, 1.54) is 0 Å². The van der Waals surface area contributed by atoms with Crippen molar-refractivity contribution in [2.75, 3.05) is 13.2 Å². The first kappa shape index (κ1) is 19.4. The first-order chi connectivity index (χ1) is 11.3. The number of hydrogen-bond acceptors (Lipinski definition) is 3. The SMILES string of the molecule is CCOC(=O)C1CC(C)CCN1C(=O)Cc1c(Cl)cc(Cl)cc1Cl. The van der Waals surface area contributed by atoms with Gasteiger partial charge in [0.2, 0.25) is 5.91 Å². The van der Waals surface area contributed by atoms with Crippen molar-refractivity contribution in [3.05, 3.63) is 32.8 Å². The van der Waals surface area contributed by atoms with Crippen LogP contribution in [-0.4, -0.2) is 36.0 Å². The fourth-order valence-corrected chi connectivity index (χ4v) is 3.85. The number of esters is 1. The van der Waals surface area contributed by atoms with Crippen LogP contribution in [0.3, 0.4) is 0 Å². The molecule has 2 atom stereocenters. The predicted octanol–water partition coefficient (Wildman–Crippen LogP) is 4.38. The highest BCUT2D eigenvalue weighted by Crippen LogP contribution is 2.31. The lowest BCUT2D eigenvalue weighted by atomic mass is 9.92. The number of benzene rings is 1. The van der Waals surface area contributed by atoms with Crippen molar-refractivity contribution in [2.45, 2.75) is 39.2 Å². The molecule has 4 nitrogen and oxygen atoms in total. The molecule has 0 saturated carbocycles. The van der Waals surface area contributed by atoms with Gasteiger partial charge in [0.15, 0.2) is 0 Å². The molecule has 0 spiro atoms. The molecule has 7 heteroatoms. The first-order valence-electron chi connectivity index (χ1n) is 7.93. The molecule has 1 aromatic carbocycles. The maximum Gasteiger partial charge on any atom is 0.328 e. The second-order valence-electron chi connectivity index (χ2n) is 6.01. The van der Waals surface area contributed by atoms with Crippen molar-refractivity contribution in [3.8, 4) is 0 Å². The lowest BCUT2D eigenvalue weighted by Crippen LogP contribution is -2.51. The van der Waals surface area contributed by atoms with Gasteiger partial charge in [-0.3, -0.25) is 4.79 Å². The molecule has 1 saturated heterocycles. The molecular formula is C17H20Cl3NO3. The molecule has 0 bridgehead atoms. The van der Waals surface area contributed by atoms with Crippen LogP contribution in [0.5, 0.6) is 0 Å². The number of hydrogen-bond donors (Lipinski definition) is 0. The fraction of sp³-hybridized carbons (Fsp3) is 0.529. The van der Waals surface area contributed by atoms with Gasteiger partial charge < -0.3 is 9.64 Å². The Morgan fingerprint density at radius 1 is 1.25 bits per heavy atom. The molecule has 1 fully saturated rings. The number of piperidine rings is 1. The van der Waals surface area contributed by atoms with E-state index in [0.717, 1.165) is 6.42 Å². The Morgan fingerprint density at radius 3 is 2.46 bits per heavy atom. The second-order valence-corrected chi connectivity index (χ2v) is 7.26. The fourth-order valence-electron chi connectivity index (χ4n) is 2.90. The van der Waals surface area contributed by atoms with Crippen LogP contribution in [0, 0.1) is 5.92 Å². The van der Waals surface area contributed by atoms with E-state index in [1.807, 2.05) is 0 Å². The van der Waals surface area contributed by atoms with Crippen LogP contribution in [0.1, 0.15) is 32.3 Å². The highest BCUT2D eigenvalue weighted by Gasteiger charge is 2.36. The maximum atomic E-state index is 12.8. The van der Waals surface area contributed by atoms with E-state index < -0.39 is 6.04 Å². The summed E-state index contributed by atoms with van der Waals surface area (Å²) in [6.07, 6.45) is 1.48. The lowest BCUT2D eigenvalue weighted by Gasteiger charge is -2.37. The highest BCUT2D eigenvalue weighted by atomic mass is 35.5. The summed E-state index contributed by atoms with van der Waals surface area (Å²) in [5.74, 6) is -0.178. The van der Waals surface area contributed by atoms with E-state index in [9.17, 15) is 9.59 Å². The van der Waals surface area contributed by atoms with Crippen LogP contribution >= 0.6 is 34.8 Å². The summed E-state index contributed by atoms with van der Waals surface area (Å²) in [6, 6.07) is 2.56. The minimum atomic E-state index is -0.550. The van der Waals surface area contributed by atoms with E-state index >= 15 is 0 Å². The summed E-state index contributed by atoms with van der Waals surface area (Å²) >= 11 is 18.2. The van der Waals surface area contributed by atoms with Gasteiger partial charge in [0.25, 0.3) is 0 Å². The largest absolute Gasteiger partial charge is 0.464 e. The zero-order valence-corrected chi connectivity index (χ0v) is 15.9. The second kappa shape index (κ2) is 8.41. The topological polar surface area (TPSA) is 46.6 Å². The monoisotopic (exact) mass is 391 g/mol. The lowest BCUT2D eigenvalue weighted by molar-refractivity contribution is -0.157. The van der Waals surface area contributed by atoms with Gasteiger partial charge in [0, 0.05) is 21.6 Å². The van der Waals surface area contributed by atoms with Gasteiger partial charge in [-0.05, 0) is 43.4 Å². The normalized spacial score (nSPS) is 20.8. The Balaban J connectivity index is 2.19. The van der Waals surface area contributed by atoms with Crippen molar-refractivity contribution in [3.63, 3.8) is 0 Å². The van der Waals surface area contributed by atoms with Gasteiger partial charge in [0.05, 0.1) is 13.0 Å². The number of likely N-dealkylation sites (tertiary alicyclic amines) is 1. The number of ether oxygens (including phenoxy) is 1. The van der Waals surface area contributed by atoms with Crippen molar-refractivity contribution < 1.29 is 14.3 Å². The number of rotatable bonds is 4. The Hall–Kier alpha value is -0.970. The number of carbonyl (C=O) groups excluding carboxylic acids is 2. The van der Waals surface area contributed by atoms with E-state index in [2.05, 4.69) is 6.92 Å². The van der Waals surface area contributed by atoms with E-state index in [1.54, 1.807) is 24.0 Å². The highest BCUT2D eigenvalue weighted by molar-refractivity contribution is 6.39. The number of amides is 1. The Labute approximate surface area is 157 Å². The van der Waals surface area contributed by atoms with E-state index in [-0.39, 0.29) is 18.3 Å². The van der Waals surface area contributed by atoms with Crippen molar-refractivity contribution in [2.24, 2.45) is 5.92 Å². The molecule has 2 rings (SSSR count). The standard InChI is InChI=1S/C17H20Cl3NO3/c1-3-24-17(23)15-6-10(2)4-5-21(15)16(22)9-12-13(19)7-11(18)8-14(12)20/h7-8,10,15H,3-6,9H2,1-2H3. The molecule has 1 aliphatic heterocycles.